The second-order valence-corrected chi connectivity index (χ2v) is 13.6. The van der Waals surface area contributed by atoms with Crippen LogP contribution in [0.15, 0.2) is 41.4 Å². The van der Waals surface area contributed by atoms with E-state index in [-0.39, 0.29) is 12.0 Å². The lowest BCUT2D eigenvalue weighted by atomic mass is 9.75. The fourth-order valence-electron chi connectivity index (χ4n) is 4.80. The van der Waals surface area contributed by atoms with Gasteiger partial charge in [0.05, 0.1) is 17.7 Å². The summed E-state index contributed by atoms with van der Waals surface area (Å²) < 4.78 is 32.4. The van der Waals surface area contributed by atoms with E-state index in [9.17, 15) is 19.0 Å². The van der Waals surface area contributed by atoms with Crippen LogP contribution in [0.4, 0.5) is 0 Å². The number of fused-ring (bicyclic) bond motifs is 1. The van der Waals surface area contributed by atoms with Gasteiger partial charge in [0.2, 0.25) is 0 Å². The van der Waals surface area contributed by atoms with Gasteiger partial charge in [0.15, 0.2) is 0 Å². The SMILES string of the molecule is CCC1CN(Cc2cc(C(CCc3cn(CC)nn3)C(C)(C)C(=O)O)sc2C)S(O)(O)c2ccccc2O1. The van der Waals surface area contributed by atoms with Gasteiger partial charge in [-0.2, -0.15) is 4.31 Å². The summed E-state index contributed by atoms with van der Waals surface area (Å²) in [5.74, 6) is -0.595. The third-order valence-corrected chi connectivity index (χ3v) is 10.5. The molecule has 0 radical (unpaired) electrons. The highest BCUT2D eigenvalue weighted by atomic mass is 32.3. The van der Waals surface area contributed by atoms with Gasteiger partial charge in [0.1, 0.15) is 16.7 Å². The Labute approximate surface area is 229 Å². The van der Waals surface area contributed by atoms with Crippen LogP contribution in [0.25, 0.3) is 0 Å². The molecule has 3 N–H and O–H groups in total. The Morgan fingerprint density at radius 3 is 2.68 bits per heavy atom. The van der Waals surface area contributed by atoms with Gasteiger partial charge in [-0.3, -0.25) is 18.6 Å². The van der Waals surface area contributed by atoms with Crippen molar-refractivity contribution in [1.82, 2.24) is 19.3 Å². The number of carbonyl (C=O) groups is 1. The molecule has 2 atom stereocenters. The molecule has 4 rings (SSSR count). The lowest BCUT2D eigenvalue weighted by Gasteiger charge is -2.41. The van der Waals surface area contributed by atoms with Crippen molar-refractivity contribution in [3.63, 3.8) is 0 Å². The number of thiophene rings is 1. The van der Waals surface area contributed by atoms with Crippen LogP contribution in [0, 0.1) is 12.3 Å². The van der Waals surface area contributed by atoms with E-state index >= 15 is 0 Å². The summed E-state index contributed by atoms with van der Waals surface area (Å²) in [6, 6.07) is 9.15. The first-order valence-corrected chi connectivity index (χ1v) is 15.3. The molecule has 0 aliphatic carbocycles. The highest BCUT2D eigenvalue weighted by Crippen LogP contribution is 2.57. The molecule has 208 valence electrons. The fraction of sp³-hybridized carbons (Fsp3) is 0.519. The van der Waals surface area contributed by atoms with Crippen molar-refractivity contribution in [2.45, 2.75) is 83.9 Å². The van der Waals surface area contributed by atoms with Crippen LogP contribution >= 0.6 is 22.1 Å². The molecule has 9 nitrogen and oxygen atoms in total. The van der Waals surface area contributed by atoms with Crippen LogP contribution in [-0.2, 0) is 24.3 Å². The lowest BCUT2D eigenvalue weighted by Crippen LogP contribution is -2.34. The Balaban J connectivity index is 1.63. The van der Waals surface area contributed by atoms with E-state index in [1.165, 1.54) is 0 Å². The van der Waals surface area contributed by atoms with E-state index in [0.29, 0.717) is 36.6 Å². The summed E-state index contributed by atoms with van der Waals surface area (Å²) in [4.78, 5) is 14.7. The Morgan fingerprint density at radius 1 is 1.29 bits per heavy atom. The van der Waals surface area contributed by atoms with E-state index in [1.807, 2.05) is 39.1 Å². The molecule has 0 saturated heterocycles. The van der Waals surface area contributed by atoms with E-state index in [1.54, 1.807) is 52.4 Å². The molecule has 0 saturated carbocycles. The van der Waals surface area contributed by atoms with Crippen molar-refractivity contribution < 1.29 is 23.7 Å². The zero-order valence-corrected chi connectivity index (χ0v) is 24.3. The smallest absolute Gasteiger partial charge is 0.309 e. The zero-order valence-electron chi connectivity index (χ0n) is 22.6. The molecule has 2 unspecified atom stereocenters. The minimum absolute atomic E-state index is 0.182. The number of aromatic nitrogens is 3. The molecular formula is C27H38N4O5S2. The minimum atomic E-state index is -3.28. The van der Waals surface area contributed by atoms with Crippen LogP contribution in [-0.4, -0.2) is 52.1 Å². The van der Waals surface area contributed by atoms with Crippen molar-refractivity contribution in [1.29, 1.82) is 0 Å². The van der Waals surface area contributed by atoms with Gasteiger partial charge in [-0.25, -0.2) is 0 Å². The van der Waals surface area contributed by atoms with E-state index < -0.39 is 22.2 Å². The molecule has 0 amide bonds. The van der Waals surface area contributed by atoms with E-state index in [2.05, 4.69) is 10.3 Å². The minimum Gasteiger partial charge on any atom is -0.487 e. The quantitative estimate of drug-likeness (QED) is 0.267. The van der Waals surface area contributed by atoms with Crippen LogP contribution in [0.1, 0.15) is 67.5 Å². The van der Waals surface area contributed by atoms with Crippen LogP contribution in [0.3, 0.4) is 0 Å². The number of ether oxygens (including phenoxy) is 1. The number of carboxylic acids is 1. The van der Waals surface area contributed by atoms with Crippen molar-refractivity contribution in [2.24, 2.45) is 5.41 Å². The molecule has 3 aromatic rings. The normalized spacial score (nSPS) is 19.3. The van der Waals surface area contributed by atoms with Gasteiger partial charge in [-0.05, 0) is 70.7 Å². The molecule has 1 aromatic carbocycles. The number of rotatable bonds is 10. The first-order valence-electron chi connectivity index (χ1n) is 13.0. The molecule has 1 aliphatic heterocycles. The Morgan fingerprint density at radius 2 is 2.03 bits per heavy atom. The maximum Gasteiger partial charge on any atom is 0.309 e. The zero-order chi connectivity index (χ0) is 27.7. The molecule has 0 spiro atoms. The monoisotopic (exact) mass is 562 g/mol. The number of benzene rings is 1. The summed E-state index contributed by atoms with van der Waals surface area (Å²) in [5, 5.41) is 18.4. The Kier molecular flexibility index (Phi) is 8.53. The molecular weight excluding hydrogens is 524 g/mol. The summed E-state index contributed by atoms with van der Waals surface area (Å²) >= 11 is 1.58. The van der Waals surface area contributed by atoms with Crippen molar-refractivity contribution >= 4 is 28.1 Å². The first kappa shape index (κ1) is 28.6. The largest absolute Gasteiger partial charge is 0.487 e. The summed E-state index contributed by atoms with van der Waals surface area (Å²) in [7, 11) is -3.28. The maximum atomic E-state index is 12.3. The molecule has 38 heavy (non-hydrogen) atoms. The van der Waals surface area contributed by atoms with Gasteiger partial charge in [-0.1, -0.05) is 24.3 Å². The number of nitrogens with zero attached hydrogens (tertiary/aromatic N) is 4. The summed E-state index contributed by atoms with van der Waals surface area (Å²) in [5.41, 5.74) is 0.803. The highest BCUT2D eigenvalue weighted by molar-refractivity contribution is 8.22. The summed E-state index contributed by atoms with van der Waals surface area (Å²) in [6.07, 6.45) is 3.68. The number of hydrogen-bond acceptors (Lipinski definition) is 8. The number of aliphatic carboxylic acids is 1. The van der Waals surface area contributed by atoms with E-state index in [4.69, 9.17) is 4.74 Å². The third-order valence-electron chi connectivity index (χ3n) is 7.41. The predicted molar refractivity (Wildman–Crippen MR) is 150 cm³/mol. The maximum absolute atomic E-state index is 12.3. The number of aryl methyl sites for hydroxylation is 3. The van der Waals surface area contributed by atoms with Crippen LogP contribution in [0.2, 0.25) is 0 Å². The number of carboxylic acid groups (broad SMARTS) is 1. The Bertz CT molecular complexity index is 1270. The first-order chi connectivity index (χ1) is 18.0. The average molecular weight is 563 g/mol. The molecule has 0 fully saturated rings. The summed E-state index contributed by atoms with van der Waals surface area (Å²) in [6.45, 7) is 11.0. The fourth-order valence-corrected chi connectivity index (χ4v) is 7.78. The molecule has 3 heterocycles. The van der Waals surface area contributed by atoms with Crippen molar-refractivity contribution in [2.75, 3.05) is 6.54 Å². The predicted octanol–water partition coefficient (Wildman–Crippen LogP) is 6.19. The molecule has 2 aromatic heterocycles. The van der Waals surface area contributed by atoms with Crippen molar-refractivity contribution in [3.8, 4) is 5.75 Å². The average Bonchev–Trinajstić information content (AvgIpc) is 3.46. The third kappa shape index (κ3) is 5.76. The van der Waals surface area contributed by atoms with Crippen LogP contribution < -0.4 is 4.74 Å². The topological polar surface area (TPSA) is 121 Å². The lowest BCUT2D eigenvalue weighted by molar-refractivity contribution is -0.148. The Hall–Kier alpha value is -2.44. The van der Waals surface area contributed by atoms with Gasteiger partial charge in [-0.15, -0.1) is 27.2 Å². The second kappa shape index (κ2) is 11.4. The van der Waals surface area contributed by atoms with Gasteiger partial charge < -0.3 is 9.84 Å². The second-order valence-electron chi connectivity index (χ2n) is 10.4. The standard InChI is InChI=1S/C27H38N4O5S2/c1-6-21-17-31(38(34,35)25-11-9-8-10-23(25)36-21)15-19-14-24(37-18(19)3)22(27(4,5)26(32)33)13-12-20-16-30(7-2)29-28-20/h8-11,14,16,21-22,34-35H,6-7,12-13,15,17H2,1-5H3,(H,32,33). The van der Waals surface area contributed by atoms with Gasteiger partial charge in [0, 0.05) is 35.0 Å². The van der Waals surface area contributed by atoms with Crippen molar-refractivity contribution in [3.05, 3.63) is 57.5 Å². The molecule has 11 heteroatoms. The number of hydrogen-bond donors (Lipinski definition) is 3. The van der Waals surface area contributed by atoms with Crippen LogP contribution in [0.5, 0.6) is 5.75 Å². The van der Waals surface area contributed by atoms with Gasteiger partial charge in [0.25, 0.3) is 0 Å². The molecule has 0 bridgehead atoms. The molecule has 1 aliphatic rings. The number of para-hydroxylation sites is 1. The van der Waals surface area contributed by atoms with E-state index in [0.717, 1.165) is 34.0 Å². The highest BCUT2D eigenvalue weighted by Gasteiger charge is 2.40. The van der Waals surface area contributed by atoms with Gasteiger partial charge >= 0.3 is 5.97 Å².